The molecule has 0 aromatic heterocycles. The summed E-state index contributed by atoms with van der Waals surface area (Å²) in [7, 11) is 0. The standard InChI is InChI=1S/C73H145NO5/c1-3-5-7-9-11-13-15-17-43-47-51-55-59-63-67-73(78)79-68-64-60-56-52-48-44-40-38-36-34-32-30-28-26-24-22-20-18-19-21-23-25-27-29-31-33-35-37-39-42-46-50-54-58-62-66-72(77)74-70(69-75)71(76)65-61-57-53-49-45-41-16-14-12-10-8-6-4-2/h70-71,75-76H,3-69H2,1-2H3,(H,74,77). The molecule has 2 atom stereocenters. The summed E-state index contributed by atoms with van der Waals surface area (Å²) in [5.74, 6) is -0.000646. The average molecular weight is 1120 g/mol. The fourth-order valence-electron chi connectivity index (χ4n) is 12.1. The summed E-state index contributed by atoms with van der Waals surface area (Å²) in [4.78, 5) is 24.6. The monoisotopic (exact) mass is 1120 g/mol. The lowest BCUT2D eigenvalue weighted by atomic mass is 10.0. The number of hydrogen-bond donors (Lipinski definition) is 3. The molecule has 0 radical (unpaired) electrons. The Kier molecular flexibility index (Phi) is 68.4. The Hall–Kier alpha value is -1.14. The van der Waals surface area contributed by atoms with Crippen LogP contribution < -0.4 is 5.32 Å². The molecule has 0 spiro atoms. The molecule has 0 heterocycles. The van der Waals surface area contributed by atoms with Gasteiger partial charge in [0, 0.05) is 12.8 Å². The van der Waals surface area contributed by atoms with Crippen LogP contribution in [-0.2, 0) is 14.3 Å². The number of aliphatic hydroxyl groups is 2. The summed E-state index contributed by atoms with van der Waals surface area (Å²) in [6, 6.07) is -0.535. The van der Waals surface area contributed by atoms with E-state index in [2.05, 4.69) is 19.2 Å². The Bertz CT molecular complexity index is 1150. The number of esters is 1. The number of hydrogen-bond acceptors (Lipinski definition) is 5. The van der Waals surface area contributed by atoms with Gasteiger partial charge in [-0.2, -0.15) is 0 Å². The number of carbonyl (C=O) groups excluding carboxylic acids is 2. The Labute approximate surface area is 496 Å². The molecule has 79 heavy (non-hydrogen) atoms. The topological polar surface area (TPSA) is 95.9 Å². The van der Waals surface area contributed by atoms with Crippen LogP contribution in [0.4, 0.5) is 0 Å². The molecule has 0 rings (SSSR count). The third kappa shape index (κ3) is 65.9. The molecular weight excluding hydrogens is 971 g/mol. The van der Waals surface area contributed by atoms with Crippen LogP contribution in [0.3, 0.4) is 0 Å². The van der Waals surface area contributed by atoms with Gasteiger partial charge in [-0.15, -0.1) is 0 Å². The van der Waals surface area contributed by atoms with E-state index in [4.69, 9.17) is 4.74 Å². The lowest BCUT2D eigenvalue weighted by Crippen LogP contribution is -2.45. The van der Waals surface area contributed by atoms with Gasteiger partial charge >= 0.3 is 5.97 Å². The highest BCUT2D eigenvalue weighted by atomic mass is 16.5. The van der Waals surface area contributed by atoms with Crippen LogP contribution >= 0.6 is 0 Å². The fraction of sp³-hybridized carbons (Fsp3) is 0.973. The van der Waals surface area contributed by atoms with E-state index >= 15 is 0 Å². The highest BCUT2D eigenvalue weighted by Gasteiger charge is 2.20. The smallest absolute Gasteiger partial charge is 0.305 e. The number of aliphatic hydroxyl groups excluding tert-OH is 2. The van der Waals surface area contributed by atoms with Gasteiger partial charge in [0.15, 0.2) is 0 Å². The zero-order chi connectivity index (χ0) is 57.1. The molecule has 0 aliphatic rings. The van der Waals surface area contributed by atoms with Crippen molar-refractivity contribution >= 4 is 11.9 Å². The van der Waals surface area contributed by atoms with Crippen molar-refractivity contribution < 1.29 is 24.5 Å². The third-order valence-corrected chi connectivity index (χ3v) is 17.7. The average Bonchev–Trinajstić information content (AvgIpc) is 3.45. The molecule has 2 unspecified atom stereocenters. The molecule has 0 saturated heterocycles. The van der Waals surface area contributed by atoms with E-state index in [0.29, 0.717) is 25.9 Å². The van der Waals surface area contributed by atoms with Crippen molar-refractivity contribution in [3.05, 3.63) is 0 Å². The van der Waals surface area contributed by atoms with E-state index in [1.807, 2.05) is 0 Å². The maximum Gasteiger partial charge on any atom is 0.305 e. The van der Waals surface area contributed by atoms with Crippen molar-refractivity contribution in [2.45, 2.75) is 443 Å². The normalized spacial score (nSPS) is 12.4. The van der Waals surface area contributed by atoms with Crippen LogP contribution in [0.2, 0.25) is 0 Å². The lowest BCUT2D eigenvalue weighted by molar-refractivity contribution is -0.143. The van der Waals surface area contributed by atoms with Crippen LogP contribution in [0.1, 0.15) is 431 Å². The molecule has 0 bridgehead atoms. The van der Waals surface area contributed by atoms with Crippen LogP contribution in [0, 0.1) is 0 Å². The first kappa shape index (κ1) is 77.9. The summed E-state index contributed by atoms with van der Waals surface area (Å²) < 4.78 is 5.50. The number of rotatable bonds is 70. The van der Waals surface area contributed by atoms with Gasteiger partial charge in [-0.1, -0.05) is 393 Å². The SMILES string of the molecule is CCCCCCCCCCCCCCCCC(=O)OCCCCCCCCCCCCCCCCCCCCCCCCCCCCCCCCCCCCCC(=O)NC(CO)C(O)CCCCCCCCCCCCCCC. The molecule has 0 saturated carbocycles. The minimum Gasteiger partial charge on any atom is -0.466 e. The zero-order valence-corrected chi connectivity index (χ0v) is 54.2. The molecule has 0 aromatic rings. The van der Waals surface area contributed by atoms with E-state index in [-0.39, 0.29) is 18.5 Å². The van der Waals surface area contributed by atoms with E-state index in [0.717, 1.165) is 38.5 Å². The van der Waals surface area contributed by atoms with Crippen LogP contribution in [0.5, 0.6) is 0 Å². The Morgan fingerprint density at radius 1 is 0.304 bits per heavy atom. The van der Waals surface area contributed by atoms with Gasteiger partial charge < -0.3 is 20.3 Å². The summed E-state index contributed by atoms with van der Waals surface area (Å²) in [5, 5.41) is 23.3. The maximum absolute atomic E-state index is 12.5. The van der Waals surface area contributed by atoms with Crippen molar-refractivity contribution in [2.75, 3.05) is 13.2 Å². The van der Waals surface area contributed by atoms with Crippen molar-refractivity contribution in [3.8, 4) is 0 Å². The van der Waals surface area contributed by atoms with Crippen molar-refractivity contribution in [3.63, 3.8) is 0 Å². The summed E-state index contributed by atoms with van der Waals surface area (Å²) in [6.07, 6.45) is 84.7. The van der Waals surface area contributed by atoms with Gasteiger partial charge in [0.05, 0.1) is 25.4 Å². The minimum atomic E-state index is -0.658. The lowest BCUT2D eigenvalue weighted by Gasteiger charge is -2.22. The highest BCUT2D eigenvalue weighted by molar-refractivity contribution is 5.76. The molecule has 0 aromatic carbocycles. The van der Waals surface area contributed by atoms with Crippen LogP contribution in [0.15, 0.2) is 0 Å². The van der Waals surface area contributed by atoms with Crippen LogP contribution in [-0.4, -0.2) is 47.4 Å². The highest BCUT2D eigenvalue weighted by Crippen LogP contribution is 2.20. The fourth-order valence-corrected chi connectivity index (χ4v) is 12.1. The third-order valence-electron chi connectivity index (χ3n) is 17.7. The van der Waals surface area contributed by atoms with Crippen molar-refractivity contribution in [1.29, 1.82) is 0 Å². The van der Waals surface area contributed by atoms with Gasteiger partial charge in [-0.3, -0.25) is 9.59 Å². The van der Waals surface area contributed by atoms with Gasteiger partial charge in [-0.05, 0) is 25.7 Å². The molecule has 6 nitrogen and oxygen atoms in total. The largest absolute Gasteiger partial charge is 0.466 e. The maximum atomic E-state index is 12.5. The van der Waals surface area contributed by atoms with Gasteiger partial charge in [-0.25, -0.2) is 0 Å². The molecule has 472 valence electrons. The van der Waals surface area contributed by atoms with E-state index in [9.17, 15) is 19.8 Å². The Balaban J connectivity index is 3.28. The molecule has 0 aliphatic carbocycles. The van der Waals surface area contributed by atoms with E-state index in [1.165, 1.54) is 360 Å². The van der Waals surface area contributed by atoms with Gasteiger partial charge in [0.1, 0.15) is 0 Å². The summed E-state index contributed by atoms with van der Waals surface area (Å²) >= 11 is 0. The number of amides is 1. The molecule has 3 N–H and O–H groups in total. The minimum absolute atomic E-state index is 0.0260. The predicted molar refractivity (Wildman–Crippen MR) is 347 cm³/mol. The van der Waals surface area contributed by atoms with E-state index in [1.54, 1.807) is 0 Å². The first-order chi connectivity index (χ1) is 39.0. The summed E-state index contributed by atoms with van der Waals surface area (Å²) in [5.41, 5.74) is 0. The second-order valence-electron chi connectivity index (χ2n) is 25.6. The van der Waals surface area contributed by atoms with Crippen molar-refractivity contribution in [2.24, 2.45) is 0 Å². The molecular formula is C73H145NO5. The van der Waals surface area contributed by atoms with Gasteiger partial charge in [0.25, 0.3) is 0 Å². The number of carbonyl (C=O) groups is 2. The van der Waals surface area contributed by atoms with Crippen LogP contribution in [0.25, 0.3) is 0 Å². The van der Waals surface area contributed by atoms with Gasteiger partial charge in [0.2, 0.25) is 5.91 Å². The summed E-state index contributed by atoms with van der Waals surface area (Å²) in [6.45, 7) is 5.00. The Morgan fingerprint density at radius 2 is 0.519 bits per heavy atom. The predicted octanol–water partition coefficient (Wildman–Crippen LogP) is 23.8. The van der Waals surface area contributed by atoms with Crippen molar-refractivity contribution in [1.82, 2.24) is 5.32 Å². The second kappa shape index (κ2) is 69.4. The first-order valence-corrected chi connectivity index (χ1v) is 36.8. The molecule has 0 fully saturated rings. The first-order valence-electron chi connectivity index (χ1n) is 36.8. The number of unbranched alkanes of at least 4 members (excludes halogenated alkanes) is 59. The quantitative estimate of drug-likeness (QED) is 0.0417. The number of ether oxygens (including phenoxy) is 1. The van der Waals surface area contributed by atoms with E-state index < -0.39 is 12.1 Å². The number of nitrogens with one attached hydrogen (secondary N) is 1. The zero-order valence-electron chi connectivity index (χ0n) is 54.2. The molecule has 0 aliphatic heterocycles. The molecule has 1 amide bonds. The second-order valence-corrected chi connectivity index (χ2v) is 25.6. The molecule has 6 heteroatoms. The Morgan fingerprint density at radius 3 is 0.772 bits per heavy atom.